The summed E-state index contributed by atoms with van der Waals surface area (Å²) in [6.07, 6.45) is 0.0286. The van der Waals surface area contributed by atoms with E-state index in [0.29, 0.717) is 0 Å². The Labute approximate surface area is 84.6 Å². The molecular formula is C10H17N3O. The number of benzene rings is 1. The summed E-state index contributed by atoms with van der Waals surface area (Å²) in [6, 6.07) is 7.82. The molecule has 0 aromatic heterocycles. The van der Waals surface area contributed by atoms with Crippen LogP contribution in [0.4, 0.5) is 0 Å². The van der Waals surface area contributed by atoms with Gasteiger partial charge >= 0.3 is 0 Å². The second-order valence-corrected chi connectivity index (χ2v) is 3.31. The molecule has 14 heavy (non-hydrogen) atoms. The lowest BCUT2D eigenvalue weighted by Gasteiger charge is -2.23. The molecule has 1 atom stereocenters. The third-order valence-corrected chi connectivity index (χ3v) is 2.11. The van der Waals surface area contributed by atoms with E-state index < -0.39 is 0 Å². The maximum Gasteiger partial charge on any atom is 0.118 e. The number of rotatable bonds is 4. The van der Waals surface area contributed by atoms with Gasteiger partial charge in [0.1, 0.15) is 5.75 Å². The zero-order valence-corrected chi connectivity index (χ0v) is 8.82. The zero-order chi connectivity index (χ0) is 10.6. The van der Waals surface area contributed by atoms with Gasteiger partial charge in [0.25, 0.3) is 0 Å². The summed E-state index contributed by atoms with van der Waals surface area (Å²) in [4.78, 5) is 2.00. The molecule has 78 valence electrons. The van der Waals surface area contributed by atoms with Crippen molar-refractivity contribution < 1.29 is 4.74 Å². The van der Waals surface area contributed by atoms with E-state index in [4.69, 9.17) is 10.6 Å². The summed E-state index contributed by atoms with van der Waals surface area (Å²) in [5, 5.41) is 0. The van der Waals surface area contributed by atoms with Gasteiger partial charge in [0, 0.05) is 0 Å². The molecular weight excluding hydrogens is 178 g/mol. The SMILES string of the molecule is COc1ccc(C(NN)N(C)C)cc1. The molecule has 0 aliphatic rings. The van der Waals surface area contributed by atoms with Gasteiger partial charge in [-0.15, -0.1) is 0 Å². The van der Waals surface area contributed by atoms with Crippen LogP contribution in [0.15, 0.2) is 24.3 Å². The molecule has 1 aromatic rings. The highest BCUT2D eigenvalue weighted by atomic mass is 16.5. The molecule has 0 aliphatic heterocycles. The Bertz CT molecular complexity index is 271. The summed E-state index contributed by atoms with van der Waals surface area (Å²) in [7, 11) is 5.59. The summed E-state index contributed by atoms with van der Waals surface area (Å²) in [5.74, 6) is 6.30. The largest absolute Gasteiger partial charge is 0.497 e. The molecule has 3 N–H and O–H groups in total. The number of methoxy groups -OCH3 is 1. The van der Waals surface area contributed by atoms with Gasteiger partial charge in [-0.2, -0.15) is 0 Å². The third kappa shape index (κ3) is 2.45. The van der Waals surface area contributed by atoms with Crippen molar-refractivity contribution in [2.75, 3.05) is 21.2 Å². The van der Waals surface area contributed by atoms with Crippen molar-refractivity contribution >= 4 is 0 Å². The van der Waals surface area contributed by atoms with Gasteiger partial charge in [-0.1, -0.05) is 12.1 Å². The van der Waals surface area contributed by atoms with Crippen molar-refractivity contribution in [3.8, 4) is 5.75 Å². The van der Waals surface area contributed by atoms with Crippen LogP contribution in [0.5, 0.6) is 5.75 Å². The highest BCUT2D eigenvalue weighted by Gasteiger charge is 2.10. The smallest absolute Gasteiger partial charge is 0.118 e. The van der Waals surface area contributed by atoms with E-state index in [0.717, 1.165) is 11.3 Å². The average molecular weight is 195 g/mol. The molecule has 0 fully saturated rings. The lowest BCUT2D eigenvalue weighted by atomic mass is 10.1. The third-order valence-electron chi connectivity index (χ3n) is 2.11. The monoisotopic (exact) mass is 195 g/mol. The lowest BCUT2D eigenvalue weighted by Crippen LogP contribution is -2.37. The van der Waals surface area contributed by atoms with Crippen LogP contribution in [0.25, 0.3) is 0 Å². The fourth-order valence-corrected chi connectivity index (χ4v) is 1.33. The number of nitrogens with one attached hydrogen (secondary N) is 1. The Morgan fingerprint density at radius 1 is 1.29 bits per heavy atom. The minimum absolute atomic E-state index is 0.0286. The molecule has 0 saturated carbocycles. The first-order chi connectivity index (χ1) is 6.69. The Hall–Kier alpha value is -1.10. The van der Waals surface area contributed by atoms with E-state index in [1.54, 1.807) is 7.11 Å². The van der Waals surface area contributed by atoms with Crippen molar-refractivity contribution in [3.05, 3.63) is 29.8 Å². The molecule has 4 nitrogen and oxygen atoms in total. The summed E-state index contributed by atoms with van der Waals surface area (Å²) in [5.41, 5.74) is 3.85. The van der Waals surface area contributed by atoms with Gasteiger partial charge in [-0.3, -0.25) is 10.7 Å². The van der Waals surface area contributed by atoms with Gasteiger partial charge in [-0.05, 0) is 31.8 Å². The summed E-state index contributed by atoms with van der Waals surface area (Å²) in [6.45, 7) is 0. The van der Waals surface area contributed by atoms with Crippen LogP contribution in [0.2, 0.25) is 0 Å². The van der Waals surface area contributed by atoms with Gasteiger partial charge < -0.3 is 4.74 Å². The molecule has 4 heteroatoms. The summed E-state index contributed by atoms with van der Waals surface area (Å²) >= 11 is 0. The number of nitrogens with two attached hydrogens (primary N) is 1. The summed E-state index contributed by atoms with van der Waals surface area (Å²) < 4.78 is 5.08. The van der Waals surface area contributed by atoms with Crippen LogP contribution < -0.4 is 16.0 Å². The second-order valence-electron chi connectivity index (χ2n) is 3.31. The van der Waals surface area contributed by atoms with Gasteiger partial charge in [0.2, 0.25) is 0 Å². The Kier molecular flexibility index (Phi) is 3.88. The highest BCUT2D eigenvalue weighted by molar-refractivity contribution is 5.28. The van der Waals surface area contributed by atoms with Crippen LogP contribution in [0.1, 0.15) is 11.7 Å². The lowest BCUT2D eigenvalue weighted by molar-refractivity contribution is 0.253. The van der Waals surface area contributed by atoms with Gasteiger partial charge in [0.15, 0.2) is 0 Å². The van der Waals surface area contributed by atoms with Crippen molar-refractivity contribution in [2.45, 2.75) is 6.17 Å². The van der Waals surface area contributed by atoms with Crippen LogP contribution >= 0.6 is 0 Å². The number of hydrogen-bond acceptors (Lipinski definition) is 4. The molecule has 0 spiro atoms. The van der Waals surface area contributed by atoms with Crippen molar-refractivity contribution in [3.63, 3.8) is 0 Å². The zero-order valence-electron chi connectivity index (χ0n) is 8.82. The maximum atomic E-state index is 5.45. The first kappa shape index (κ1) is 11.0. The first-order valence-corrected chi connectivity index (χ1v) is 4.45. The molecule has 0 aliphatic carbocycles. The van der Waals surface area contributed by atoms with Crippen LogP contribution in [0.3, 0.4) is 0 Å². The van der Waals surface area contributed by atoms with Crippen molar-refractivity contribution in [2.24, 2.45) is 5.84 Å². The standard InChI is InChI=1S/C10H17N3O/c1-13(2)10(12-11)8-4-6-9(14-3)7-5-8/h4-7,10,12H,11H2,1-3H3. The number of nitrogens with zero attached hydrogens (tertiary/aromatic N) is 1. The van der Waals surface area contributed by atoms with Crippen LogP contribution in [-0.4, -0.2) is 26.1 Å². The highest BCUT2D eigenvalue weighted by Crippen LogP contribution is 2.18. The van der Waals surface area contributed by atoms with Gasteiger partial charge in [-0.25, -0.2) is 5.43 Å². The molecule has 1 aromatic carbocycles. The quantitative estimate of drug-likeness (QED) is 0.422. The first-order valence-electron chi connectivity index (χ1n) is 4.45. The van der Waals surface area contributed by atoms with E-state index in [1.165, 1.54) is 0 Å². The van der Waals surface area contributed by atoms with Crippen LogP contribution in [0, 0.1) is 0 Å². The van der Waals surface area contributed by atoms with E-state index in [-0.39, 0.29) is 6.17 Å². The fourth-order valence-electron chi connectivity index (χ4n) is 1.33. The molecule has 1 rings (SSSR count). The molecule has 0 heterocycles. The normalized spacial score (nSPS) is 12.9. The Balaban J connectivity index is 2.84. The topological polar surface area (TPSA) is 50.5 Å². The second kappa shape index (κ2) is 4.95. The van der Waals surface area contributed by atoms with Crippen molar-refractivity contribution in [1.82, 2.24) is 10.3 Å². The number of hydrogen-bond donors (Lipinski definition) is 2. The predicted octanol–water partition coefficient (Wildman–Crippen LogP) is 0.719. The van der Waals surface area contributed by atoms with E-state index >= 15 is 0 Å². The maximum absolute atomic E-state index is 5.45. The molecule has 1 unspecified atom stereocenters. The number of hydrazine groups is 1. The average Bonchev–Trinajstić information content (AvgIpc) is 2.19. The predicted molar refractivity (Wildman–Crippen MR) is 56.7 cm³/mol. The molecule has 0 saturated heterocycles. The molecule has 0 amide bonds. The van der Waals surface area contributed by atoms with E-state index in [1.807, 2.05) is 43.3 Å². The molecule has 0 radical (unpaired) electrons. The van der Waals surface area contributed by atoms with Crippen LogP contribution in [-0.2, 0) is 0 Å². The fraction of sp³-hybridized carbons (Fsp3) is 0.400. The van der Waals surface area contributed by atoms with Gasteiger partial charge in [0.05, 0.1) is 13.3 Å². The molecule has 0 bridgehead atoms. The van der Waals surface area contributed by atoms with E-state index in [9.17, 15) is 0 Å². The Morgan fingerprint density at radius 3 is 2.21 bits per heavy atom. The minimum atomic E-state index is 0.0286. The van der Waals surface area contributed by atoms with Crippen molar-refractivity contribution in [1.29, 1.82) is 0 Å². The van der Waals surface area contributed by atoms with E-state index in [2.05, 4.69) is 5.43 Å². The Morgan fingerprint density at radius 2 is 1.86 bits per heavy atom. The minimum Gasteiger partial charge on any atom is -0.497 e. The number of ether oxygens (including phenoxy) is 1.